The van der Waals surface area contributed by atoms with Gasteiger partial charge in [-0.2, -0.15) is 4.98 Å². The van der Waals surface area contributed by atoms with Crippen LogP contribution in [-0.4, -0.2) is 17.3 Å². The zero-order chi connectivity index (χ0) is 15.5. The molecule has 0 aliphatic carbocycles. The average molecular weight is 289 g/mol. The van der Waals surface area contributed by atoms with Gasteiger partial charge in [0.25, 0.3) is 0 Å². The van der Waals surface area contributed by atoms with Crippen LogP contribution in [0.5, 0.6) is 0 Å². The van der Waals surface area contributed by atoms with Crippen molar-refractivity contribution in [3.05, 3.63) is 41.5 Å². The minimum absolute atomic E-state index is 0.286. The Morgan fingerprint density at radius 3 is 2.57 bits per heavy atom. The zero-order valence-corrected chi connectivity index (χ0v) is 13.1. The first-order valence-electron chi connectivity index (χ1n) is 7.22. The Labute approximate surface area is 125 Å². The highest BCUT2D eigenvalue weighted by Crippen LogP contribution is 2.27. The van der Waals surface area contributed by atoms with Gasteiger partial charge in [0.05, 0.1) is 0 Å². The predicted molar refractivity (Wildman–Crippen MR) is 81.9 cm³/mol. The van der Waals surface area contributed by atoms with Gasteiger partial charge in [0, 0.05) is 19.2 Å². The lowest BCUT2D eigenvalue weighted by atomic mass is 9.97. The molecule has 0 saturated heterocycles. The molecule has 2 unspecified atom stereocenters. The van der Waals surface area contributed by atoms with Crippen LogP contribution in [0.2, 0.25) is 0 Å². The molecule has 2 atom stereocenters. The Bertz CT molecular complexity index is 573. The molecule has 114 valence electrons. The van der Waals surface area contributed by atoms with Gasteiger partial charge in [-0.15, -0.1) is 0 Å². The third-order valence-corrected chi connectivity index (χ3v) is 4.05. The summed E-state index contributed by atoms with van der Waals surface area (Å²) in [5.41, 5.74) is 7.18. The fraction of sp³-hybridized carbons (Fsp3) is 0.500. The molecular weight excluding hydrogens is 266 g/mol. The van der Waals surface area contributed by atoms with Gasteiger partial charge in [0.1, 0.15) is 5.60 Å². The minimum Gasteiger partial charge on any atom is -0.399 e. The van der Waals surface area contributed by atoms with Gasteiger partial charge >= 0.3 is 0 Å². The Morgan fingerprint density at radius 1 is 1.33 bits per heavy atom. The summed E-state index contributed by atoms with van der Waals surface area (Å²) in [6, 6.07) is 7.87. The standard InChI is InChI=1S/C16H23N3O2/c1-5-16(3,20-4)15-18-14(21-19-15)10-11(2)12-6-8-13(17)9-7-12/h6-9,11H,5,10,17H2,1-4H3. The first-order chi connectivity index (χ1) is 9.98. The van der Waals surface area contributed by atoms with Gasteiger partial charge in [-0.1, -0.05) is 31.1 Å². The number of nitrogen functional groups attached to an aromatic ring is 1. The first-order valence-corrected chi connectivity index (χ1v) is 7.22. The van der Waals surface area contributed by atoms with Crippen molar-refractivity contribution in [1.29, 1.82) is 0 Å². The normalized spacial score (nSPS) is 15.6. The minimum atomic E-state index is -0.494. The largest absolute Gasteiger partial charge is 0.399 e. The first kappa shape index (κ1) is 15.5. The van der Waals surface area contributed by atoms with E-state index in [1.165, 1.54) is 5.56 Å². The molecule has 0 saturated carbocycles. The smallest absolute Gasteiger partial charge is 0.227 e. The van der Waals surface area contributed by atoms with Crippen LogP contribution in [-0.2, 0) is 16.8 Å². The lowest BCUT2D eigenvalue weighted by Crippen LogP contribution is -2.24. The molecule has 5 nitrogen and oxygen atoms in total. The van der Waals surface area contributed by atoms with Crippen molar-refractivity contribution in [2.75, 3.05) is 12.8 Å². The van der Waals surface area contributed by atoms with E-state index in [-0.39, 0.29) is 5.92 Å². The molecule has 2 N–H and O–H groups in total. The molecule has 1 aromatic carbocycles. The highest BCUT2D eigenvalue weighted by atomic mass is 16.5. The van der Waals surface area contributed by atoms with Crippen molar-refractivity contribution in [2.45, 2.75) is 45.1 Å². The Kier molecular flexibility index (Phi) is 4.63. The Hall–Kier alpha value is -1.88. The SMILES string of the molecule is CCC(C)(OC)c1noc(CC(C)c2ccc(N)cc2)n1. The number of methoxy groups -OCH3 is 1. The number of hydrogen-bond donors (Lipinski definition) is 1. The molecule has 0 aliphatic rings. The molecule has 0 bridgehead atoms. The summed E-state index contributed by atoms with van der Waals surface area (Å²) in [6.07, 6.45) is 1.48. The number of rotatable bonds is 6. The molecule has 0 amide bonds. The molecule has 2 rings (SSSR count). The van der Waals surface area contributed by atoms with Crippen LogP contribution < -0.4 is 5.73 Å². The number of hydrogen-bond acceptors (Lipinski definition) is 5. The number of nitrogens with zero attached hydrogens (tertiary/aromatic N) is 2. The Balaban J connectivity index is 2.10. The van der Waals surface area contributed by atoms with Crippen LogP contribution >= 0.6 is 0 Å². The van der Waals surface area contributed by atoms with E-state index in [2.05, 4.69) is 17.1 Å². The van der Waals surface area contributed by atoms with E-state index in [9.17, 15) is 0 Å². The molecule has 0 fully saturated rings. The van der Waals surface area contributed by atoms with Crippen molar-refractivity contribution in [3.63, 3.8) is 0 Å². The van der Waals surface area contributed by atoms with E-state index in [0.29, 0.717) is 18.1 Å². The Morgan fingerprint density at radius 2 is 2.00 bits per heavy atom. The van der Waals surface area contributed by atoms with Gasteiger partial charge in [-0.3, -0.25) is 0 Å². The molecule has 5 heteroatoms. The van der Waals surface area contributed by atoms with Crippen molar-refractivity contribution < 1.29 is 9.26 Å². The summed E-state index contributed by atoms with van der Waals surface area (Å²) in [7, 11) is 1.66. The van der Waals surface area contributed by atoms with E-state index in [0.717, 1.165) is 12.1 Å². The maximum absolute atomic E-state index is 5.71. The number of anilines is 1. The summed E-state index contributed by atoms with van der Waals surface area (Å²) in [6.45, 7) is 6.13. The predicted octanol–water partition coefficient (Wildman–Crippen LogP) is 3.27. The van der Waals surface area contributed by atoms with E-state index in [1.807, 2.05) is 38.1 Å². The summed E-state index contributed by atoms with van der Waals surface area (Å²) >= 11 is 0. The lowest BCUT2D eigenvalue weighted by Gasteiger charge is -2.21. The fourth-order valence-corrected chi connectivity index (χ4v) is 2.15. The van der Waals surface area contributed by atoms with Gasteiger partial charge in [0.2, 0.25) is 11.7 Å². The van der Waals surface area contributed by atoms with Crippen LogP contribution in [0.15, 0.2) is 28.8 Å². The second-order valence-electron chi connectivity index (χ2n) is 5.57. The number of ether oxygens (including phenoxy) is 1. The van der Waals surface area contributed by atoms with E-state index in [1.54, 1.807) is 7.11 Å². The highest BCUT2D eigenvalue weighted by molar-refractivity contribution is 5.40. The van der Waals surface area contributed by atoms with Crippen LogP contribution in [0.25, 0.3) is 0 Å². The van der Waals surface area contributed by atoms with Crippen LogP contribution in [0.1, 0.15) is 50.4 Å². The summed E-state index contributed by atoms with van der Waals surface area (Å²) in [4.78, 5) is 4.48. The molecule has 0 aliphatic heterocycles. The summed E-state index contributed by atoms with van der Waals surface area (Å²) < 4.78 is 10.9. The molecular formula is C16H23N3O2. The third-order valence-electron chi connectivity index (χ3n) is 4.05. The molecule has 1 aromatic heterocycles. The van der Waals surface area contributed by atoms with Gasteiger partial charge < -0.3 is 15.0 Å². The lowest BCUT2D eigenvalue weighted by molar-refractivity contribution is -0.0106. The molecule has 21 heavy (non-hydrogen) atoms. The van der Waals surface area contributed by atoms with E-state index >= 15 is 0 Å². The second kappa shape index (κ2) is 6.26. The average Bonchev–Trinajstić information content (AvgIpc) is 2.96. The maximum atomic E-state index is 5.71. The maximum Gasteiger partial charge on any atom is 0.227 e. The van der Waals surface area contributed by atoms with Crippen LogP contribution in [0, 0.1) is 0 Å². The van der Waals surface area contributed by atoms with Gasteiger partial charge in [0.15, 0.2) is 0 Å². The van der Waals surface area contributed by atoms with Crippen molar-refractivity contribution in [1.82, 2.24) is 10.1 Å². The van der Waals surface area contributed by atoms with E-state index < -0.39 is 5.60 Å². The highest BCUT2D eigenvalue weighted by Gasteiger charge is 2.30. The molecule has 1 heterocycles. The van der Waals surface area contributed by atoms with Crippen LogP contribution in [0.4, 0.5) is 5.69 Å². The molecule has 0 spiro atoms. The number of aromatic nitrogens is 2. The number of benzene rings is 1. The summed E-state index contributed by atoms with van der Waals surface area (Å²) in [5, 5.41) is 4.06. The topological polar surface area (TPSA) is 74.2 Å². The van der Waals surface area contributed by atoms with Crippen molar-refractivity contribution >= 4 is 5.69 Å². The van der Waals surface area contributed by atoms with Gasteiger partial charge in [-0.05, 0) is 37.0 Å². The van der Waals surface area contributed by atoms with Crippen molar-refractivity contribution in [2.24, 2.45) is 0 Å². The monoisotopic (exact) mass is 289 g/mol. The molecule has 2 aromatic rings. The summed E-state index contributed by atoms with van der Waals surface area (Å²) in [5.74, 6) is 1.52. The van der Waals surface area contributed by atoms with Gasteiger partial charge in [-0.25, -0.2) is 0 Å². The van der Waals surface area contributed by atoms with E-state index in [4.69, 9.17) is 15.0 Å². The fourth-order valence-electron chi connectivity index (χ4n) is 2.15. The number of nitrogens with two attached hydrogens (primary N) is 1. The zero-order valence-electron chi connectivity index (χ0n) is 13.1. The van der Waals surface area contributed by atoms with Crippen molar-refractivity contribution in [3.8, 4) is 0 Å². The van der Waals surface area contributed by atoms with Crippen LogP contribution in [0.3, 0.4) is 0 Å². The second-order valence-corrected chi connectivity index (χ2v) is 5.57. The quantitative estimate of drug-likeness (QED) is 0.826. The third kappa shape index (κ3) is 3.42. The molecule has 0 radical (unpaired) electrons.